The van der Waals surface area contributed by atoms with Gasteiger partial charge in [0.1, 0.15) is 17.8 Å². The topological polar surface area (TPSA) is 82.3 Å². The monoisotopic (exact) mass is 359 g/mol. The molecule has 7 heteroatoms. The van der Waals surface area contributed by atoms with E-state index < -0.39 is 0 Å². The third-order valence-corrected chi connectivity index (χ3v) is 4.02. The van der Waals surface area contributed by atoms with E-state index in [2.05, 4.69) is 20.1 Å². The molecular formula is C20H17N5O2. The molecule has 0 aliphatic carbocycles. The van der Waals surface area contributed by atoms with Gasteiger partial charge < -0.3 is 4.74 Å². The van der Waals surface area contributed by atoms with Gasteiger partial charge in [-0.2, -0.15) is 5.10 Å². The number of aryl methyl sites for hydroxylation is 2. The number of pyridine rings is 3. The van der Waals surface area contributed by atoms with Gasteiger partial charge in [-0.05, 0) is 43.7 Å². The van der Waals surface area contributed by atoms with Gasteiger partial charge in [0.2, 0.25) is 0 Å². The normalized spacial score (nSPS) is 10.9. The summed E-state index contributed by atoms with van der Waals surface area (Å²) in [7, 11) is 0. The number of aromatic nitrogens is 5. The molecular weight excluding hydrogens is 342 g/mol. The highest BCUT2D eigenvalue weighted by Crippen LogP contribution is 2.24. The molecule has 0 N–H and O–H groups in total. The highest BCUT2D eigenvalue weighted by molar-refractivity contribution is 6.02. The van der Waals surface area contributed by atoms with E-state index >= 15 is 0 Å². The summed E-state index contributed by atoms with van der Waals surface area (Å²) in [5, 5.41) is 4.14. The lowest BCUT2D eigenvalue weighted by atomic mass is 10.1. The average Bonchev–Trinajstić information content (AvgIpc) is 3.09. The second-order valence-electron chi connectivity index (χ2n) is 6.29. The first-order chi connectivity index (χ1) is 13.1. The van der Waals surface area contributed by atoms with Crippen molar-refractivity contribution < 1.29 is 9.53 Å². The van der Waals surface area contributed by atoms with Crippen molar-refractivity contribution in [3.05, 3.63) is 77.8 Å². The fourth-order valence-corrected chi connectivity index (χ4v) is 2.84. The van der Waals surface area contributed by atoms with E-state index in [0.717, 1.165) is 11.3 Å². The quantitative estimate of drug-likeness (QED) is 0.508. The zero-order chi connectivity index (χ0) is 18.8. The van der Waals surface area contributed by atoms with Crippen LogP contribution in [0.4, 0.5) is 0 Å². The van der Waals surface area contributed by atoms with Crippen LogP contribution in [0.1, 0.15) is 27.3 Å². The molecule has 0 unspecified atom stereocenters. The fraction of sp³-hybridized carbons (Fsp3) is 0.150. The lowest BCUT2D eigenvalue weighted by Crippen LogP contribution is -2.08. The number of ether oxygens (including phenoxy) is 1. The summed E-state index contributed by atoms with van der Waals surface area (Å²) in [5.74, 6) is 0.980. The van der Waals surface area contributed by atoms with E-state index in [9.17, 15) is 4.79 Å². The minimum absolute atomic E-state index is 0.0982. The predicted molar refractivity (Wildman–Crippen MR) is 99.0 cm³/mol. The molecule has 0 saturated heterocycles. The fourth-order valence-electron chi connectivity index (χ4n) is 2.84. The van der Waals surface area contributed by atoms with Gasteiger partial charge in [0.05, 0.1) is 24.4 Å². The lowest BCUT2D eigenvalue weighted by Gasteiger charge is -2.09. The molecule has 0 aromatic carbocycles. The lowest BCUT2D eigenvalue weighted by molar-refractivity contribution is 0.0992. The van der Waals surface area contributed by atoms with Gasteiger partial charge in [-0.25, -0.2) is 9.50 Å². The van der Waals surface area contributed by atoms with Crippen LogP contribution in [0.5, 0.6) is 11.5 Å². The molecule has 4 heterocycles. The number of Topliss-reactive ketones (excluding diaryl/α,β-unsaturated/α-hetero) is 1. The largest absolute Gasteiger partial charge is 0.454 e. The molecule has 4 rings (SSSR count). The van der Waals surface area contributed by atoms with Crippen molar-refractivity contribution in [1.82, 2.24) is 24.6 Å². The maximum Gasteiger partial charge on any atom is 0.172 e. The Bertz CT molecular complexity index is 1140. The third kappa shape index (κ3) is 3.67. The first-order valence-electron chi connectivity index (χ1n) is 8.47. The second-order valence-corrected chi connectivity index (χ2v) is 6.29. The SMILES string of the molecule is Cc1cncc(Oc2cc(C(=O)Cc3cccc(C)n3)c3ncnn3c2)c1. The minimum Gasteiger partial charge on any atom is -0.454 e. The summed E-state index contributed by atoms with van der Waals surface area (Å²) in [6.45, 7) is 3.83. The maximum absolute atomic E-state index is 12.9. The minimum atomic E-state index is -0.0982. The molecule has 0 atom stereocenters. The van der Waals surface area contributed by atoms with Crippen LogP contribution in [0.25, 0.3) is 5.65 Å². The summed E-state index contributed by atoms with van der Waals surface area (Å²) in [6.07, 6.45) is 6.65. The third-order valence-electron chi connectivity index (χ3n) is 4.02. The number of nitrogens with zero attached hydrogens (tertiary/aromatic N) is 5. The summed E-state index contributed by atoms with van der Waals surface area (Å²) in [5.41, 5.74) is 3.50. The van der Waals surface area contributed by atoms with Crippen LogP contribution in [0, 0.1) is 13.8 Å². The van der Waals surface area contributed by atoms with Crippen LogP contribution >= 0.6 is 0 Å². The molecule has 0 spiro atoms. The van der Waals surface area contributed by atoms with Crippen LogP contribution in [0.3, 0.4) is 0 Å². The van der Waals surface area contributed by atoms with Crippen molar-refractivity contribution in [3.8, 4) is 11.5 Å². The molecule has 27 heavy (non-hydrogen) atoms. The van der Waals surface area contributed by atoms with E-state index in [-0.39, 0.29) is 12.2 Å². The zero-order valence-electron chi connectivity index (χ0n) is 15.0. The highest BCUT2D eigenvalue weighted by Gasteiger charge is 2.16. The summed E-state index contributed by atoms with van der Waals surface area (Å²) >= 11 is 0. The van der Waals surface area contributed by atoms with Gasteiger partial charge in [-0.1, -0.05) is 6.07 Å². The van der Waals surface area contributed by atoms with E-state index in [1.54, 1.807) is 24.7 Å². The Morgan fingerprint density at radius 2 is 2.04 bits per heavy atom. The molecule has 0 fully saturated rings. The summed E-state index contributed by atoms with van der Waals surface area (Å²) in [6, 6.07) is 9.18. The van der Waals surface area contributed by atoms with Crippen LogP contribution < -0.4 is 4.74 Å². The Balaban J connectivity index is 1.69. The van der Waals surface area contributed by atoms with E-state index in [4.69, 9.17) is 4.74 Å². The standard InChI is InChI=1S/C20H17N5O2/c1-13-6-16(10-21-9-13)27-17-8-18(20-22-12-23-25(20)11-17)19(26)7-15-5-3-4-14(2)24-15/h3-6,8-12H,7H2,1-2H3. The van der Waals surface area contributed by atoms with Crippen molar-refractivity contribution in [2.75, 3.05) is 0 Å². The predicted octanol–water partition coefficient (Wildman–Crippen LogP) is 3.35. The average molecular weight is 359 g/mol. The number of rotatable bonds is 5. The van der Waals surface area contributed by atoms with Crippen LogP contribution in [-0.2, 0) is 6.42 Å². The van der Waals surface area contributed by atoms with Gasteiger partial charge in [-0.15, -0.1) is 0 Å². The highest BCUT2D eigenvalue weighted by atomic mass is 16.5. The van der Waals surface area contributed by atoms with Crippen LogP contribution in [0.2, 0.25) is 0 Å². The smallest absolute Gasteiger partial charge is 0.172 e. The molecule has 0 aliphatic heterocycles. The molecule has 4 aromatic heterocycles. The van der Waals surface area contributed by atoms with E-state index in [1.807, 2.05) is 38.1 Å². The molecule has 0 bridgehead atoms. The van der Waals surface area contributed by atoms with Gasteiger partial charge in [0, 0.05) is 17.6 Å². The number of hydrogen-bond donors (Lipinski definition) is 0. The van der Waals surface area contributed by atoms with E-state index in [1.165, 1.54) is 10.8 Å². The molecule has 0 amide bonds. The van der Waals surface area contributed by atoms with Crippen LogP contribution in [0.15, 0.2) is 55.2 Å². The first kappa shape index (κ1) is 16.8. The number of hydrogen-bond acceptors (Lipinski definition) is 6. The van der Waals surface area contributed by atoms with Gasteiger partial charge in [0.15, 0.2) is 11.4 Å². The summed E-state index contributed by atoms with van der Waals surface area (Å²) < 4.78 is 7.42. The Morgan fingerprint density at radius 3 is 2.85 bits per heavy atom. The number of carbonyl (C=O) groups excluding carboxylic acids is 1. The zero-order valence-corrected chi connectivity index (χ0v) is 15.0. The summed E-state index contributed by atoms with van der Waals surface area (Å²) in [4.78, 5) is 25.6. The van der Waals surface area contributed by atoms with Crippen LogP contribution in [-0.4, -0.2) is 30.3 Å². The second kappa shape index (κ2) is 6.95. The molecule has 0 aliphatic rings. The van der Waals surface area contributed by atoms with Crippen molar-refractivity contribution in [2.45, 2.75) is 20.3 Å². The molecule has 7 nitrogen and oxygen atoms in total. The Kier molecular flexibility index (Phi) is 4.33. The maximum atomic E-state index is 12.9. The molecule has 134 valence electrons. The van der Waals surface area contributed by atoms with Crippen molar-refractivity contribution >= 4 is 11.4 Å². The van der Waals surface area contributed by atoms with Crippen molar-refractivity contribution in [3.63, 3.8) is 0 Å². The Labute approximate surface area is 155 Å². The molecule has 4 aromatic rings. The number of carbonyl (C=O) groups is 1. The Morgan fingerprint density at radius 1 is 1.15 bits per heavy atom. The molecule has 0 radical (unpaired) electrons. The number of ketones is 1. The Hall–Kier alpha value is -3.61. The van der Waals surface area contributed by atoms with Crippen molar-refractivity contribution in [2.24, 2.45) is 0 Å². The van der Waals surface area contributed by atoms with Gasteiger partial charge >= 0.3 is 0 Å². The molecule has 0 saturated carbocycles. The van der Waals surface area contributed by atoms with E-state index in [0.29, 0.717) is 28.4 Å². The van der Waals surface area contributed by atoms with Gasteiger partial charge in [-0.3, -0.25) is 14.8 Å². The first-order valence-corrected chi connectivity index (χ1v) is 8.47. The van der Waals surface area contributed by atoms with Crippen molar-refractivity contribution in [1.29, 1.82) is 0 Å². The van der Waals surface area contributed by atoms with Gasteiger partial charge in [0.25, 0.3) is 0 Å². The number of fused-ring (bicyclic) bond motifs is 1.